The molecule has 0 saturated heterocycles. The molecule has 0 aliphatic rings. The molecule has 16 heavy (non-hydrogen) atoms. The monoisotopic (exact) mass is 259 g/mol. The minimum Gasteiger partial charge on any atom is -0.326 e. The van der Waals surface area contributed by atoms with Crippen LogP contribution in [0.2, 0.25) is 10.0 Å². The van der Waals surface area contributed by atoms with Crippen molar-refractivity contribution < 1.29 is 4.79 Å². The Hall–Kier alpha value is -0.730. The molecule has 0 aliphatic heterocycles. The molecule has 1 amide bonds. The van der Waals surface area contributed by atoms with Crippen molar-refractivity contribution in [1.82, 2.24) is 0 Å². The van der Waals surface area contributed by atoms with Crippen LogP contribution in [-0.2, 0) is 4.79 Å². The number of rotatable bonds is 3. The molecule has 0 saturated carbocycles. The van der Waals surface area contributed by atoms with Crippen LogP contribution in [0.4, 0.5) is 5.69 Å². The van der Waals surface area contributed by atoms with E-state index in [-0.39, 0.29) is 5.91 Å². The molecule has 0 spiro atoms. The van der Waals surface area contributed by atoms with Crippen molar-refractivity contribution in [1.29, 1.82) is 0 Å². The van der Waals surface area contributed by atoms with Gasteiger partial charge < -0.3 is 5.32 Å². The predicted octanol–water partition coefficient (Wildman–Crippen LogP) is 4.37. The van der Waals surface area contributed by atoms with Crippen molar-refractivity contribution in [3.63, 3.8) is 0 Å². The lowest BCUT2D eigenvalue weighted by Gasteiger charge is -2.21. The normalized spacial score (nSPS) is 11.3. The van der Waals surface area contributed by atoms with Gasteiger partial charge in [-0.3, -0.25) is 4.79 Å². The molecule has 0 atom stereocenters. The molecule has 4 heteroatoms. The van der Waals surface area contributed by atoms with Gasteiger partial charge in [-0.25, -0.2) is 0 Å². The second-order valence-electron chi connectivity index (χ2n) is 4.35. The van der Waals surface area contributed by atoms with Crippen LogP contribution in [0, 0.1) is 5.41 Å². The molecule has 1 aromatic rings. The molecule has 0 heterocycles. The molecular formula is C12H15Cl2NO. The van der Waals surface area contributed by atoms with E-state index in [0.29, 0.717) is 15.7 Å². The number of benzene rings is 1. The number of nitrogens with one attached hydrogen (secondary N) is 1. The maximum atomic E-state index is 11.9. The topological polar surface area (TPSA) is 29.1 Å². The molecule has 88 valence electrons. The van der Waals surface area contributed by atoms with E-state index in [2.05, 4.69) is 5.32 Å². The first-order valence-corrected chi connectivity index (χ1v) is 5.88. The SMILES string of the molecule is CCC(C)(C)C(=O)Nc1cc(Cl)cc(Cl)c1. The summed E-state index contributed by atoms with van der Waals surface area (Å²) >= 11 is 11.7. The minimum absolute atomic E-state index is 0.0340. The summed E-state index contributed by atoms with van der Waals surface area (Å²) in [6.07, 6.45) is 0.771. The van der Waals surface area contributed by atoms with Crippen LogP contribution in [0.25, 0.3) is 0 Å². The highest BCUT2D eigenvalue weighted by atomic mass is 35.5. The van der Waals surface area contributed by atoms with Crippen molar-refractivity contribution in [2.45, 2.75) is 27.2 Å². The molecule has 1 aromatic carbocycles. The van der Waals surface area contributed by atoms with E-state index < -0.39 is 5.41 Å². The predicted molar refractivity (Wildman–Crippen MR) is 69.2 cm³/mol. The second kappa shape index (κ2) is 5.07. The zero-order chi connectivity index (χ0) is 12.3. The summed E-state index contributed by atoms with van der Waals surface area (Å²) in [7, 11) is 0. The Morgan fingerprint density at radius 1 is 1.25 bits per heavy atom. The lowest BCUT2D eigenvalue weighted by Crippen LogP contribution is -2.29. The molecule has 0 radical (unpaired) electrons. The van der Waals surface area contributed by atoms with Gasteiger partial charge in [0, 0.05) is 21.1 Å². The third-order valence-electron chi connectivity index (χ3n) is 2.62. The quantitative estimate of drug-likeness (QED) is 0.859. The van der Waals surface area contributed by atoms with Gasteiger partial charge in [-0.2, -0.15) is 0 Å². The number of hydrogen-bond acceptors (Lipinski definition) is 1. The van der Waals surface area contributed by atoms with Gasteiger partial charge >= 0.3 is 0 Å². The summed E-state index contributed by atoms with van der Waals surface area (Å²) in [5.41, 5.74) is 0.235. The first-order valence-electron chi connectivity index (χ1n) is 5.12. The van der Waals surface area contributed by atoms with Crippen molar-refractivity contribution in [2.24, 2.45) is 5.41 Å². The second-order valence-corrected chi connectivity index (χ2v) is 5.22. The van der Waals surface area contributed by atoms with Gasteiger partial charge in [0.1, 0.15) is 0 Å². The van der Waals surface area contributed by atoms with Crippen LogP contribution in [-0.4, -0.2) is 5.91 Å². The van der Waals surface area contributed by atoms with Crippen LogP contribution in [0.15, 0.2) is 18.2 Å². The molecule has 0 fully saturated rings. The van der Waals surface area contributed by atoms with Gasteiger partial charge in [-0.15, -0.1) is 0 Å². The molecule has 2 nitrogen and oxygen atoms in total. The van der Waals surface area contributed by atoms with Crippen molar-refractivity contribution >= 4 is 34.8 Å². The fourth-order valence-electron chi connectivity index (χ4n) is 1.09. The smallest absolute Gasteiger partial charge is 0.230 e. The maximum Gasteiger partial charge on any atom is 0.230 e. The van der Waals surface area contributed by atoms with Crippen LogP contribution < -0.4 is 5.32 Å². The maximum absolute atomic E-state index is 11.9. The van der Waals surface area contributed by atoms with E-state index in [1.54, 1.807) is 18.2 Å². The largest absolute Gasteiger partial charge is 0.326 e. The first-order chi connectivity index (χ1) is 7.35. The standard InChI is InChI=1S/C12H15Cl2NO/c1-4-12(2,3)11(16)15-10-6-8(13)5-9(14)7-10/h5-7H,4H2,1-3H3,(H,15,16). The van der Waals surface area contributed by atoms with Crippen LogP contribution in [0.3, 0.4) is 0 Å². The third-order valence-corrected chi connectivity index (χ3v) is 3.06. The summed E-state index contributed by atoms with van der Waals surface area (Å²) in [6.45, 7) is 5.77. The highest BCUT2D eigenvalue weighted by Gasteiger charge is 2.25. The number of hydrogen-bond donors (Lipinski definition) is 1. The van der Waals surface area contributed by atoms with E-state index in [0.717, 1.165) is 6.42 Å². The number of carbonyl (C=O) groups excluding carboxylic acids is 1. The Kier molecular flexibility index (Phi) is 4.22. The highest BCUT2D eigenvalue weighted by molar-refractivity contribution is 6.35. The lowest BCUT2D eigenvalue weighted by atomic mass is 9.89. The van der Waals surface area contributed by atoms with Gasteiger partial charge in [0.25, 0.3) is 0 Å². The number of amides is 1. The summed E-state index contributed by atoms with van der Waals surface area (Å²) in [5, 5.41) is 3.83. The Bertz CT molecular complexity index is 382. The summed E-state index contributed by atoms with van der Waals surface area (Å²) in [4.78, 5) is 11.9. The van der Waals surface area contributed by atoms with E-state index >= 15 is 0 Å². The van der Waals surface area contributed by atoms with Crippen molar-refractivity contribution in [3.05, 3.63) is 28.2 Å². The Labute approximate surface area is 106 Å². The molecule has 1 N–H and O–H groups in total. The third kappa shape index (κ3) is 3.39. The fourth-order valence-corrected chi connectivity index (χ4v) is 1.61. The number of halogens is 2. The van der Waals surface area contributed by atoms with Crippen molar-refractivity contribution in [2.75, 3.05) is 5.32 Å². The van der Waals surface area contributed by atoms with Gasteiger partial charge in [-0.05, 0) is 24.6 Å². The summed E-state index contributed by atoms with van der Waals surface area (Å²) < 4.78 is 0. The zero-order valence-electron chi connectivity index (χ0n) is 9.60. The fraction of sp³-hybridized carbons (Fsp3) is 0.417. The van der Waals surface area contributed by atoms with E-state index in [1.165, 1.54) is 0 Å². The Balaban J connectivity index is 2.85. The highest BCUT2D eigenvalue weighted by Crippen LogP contribution is 2.26. The average Bonchev–Trinajstić information content (AvgIpc) is 2.15. The van der Waals surface area contributed by atoms with Gasteiger partial charge in [0.2, 0.25) is 5.91 Å². The van der Waals surface area contributed by atoms with Gasteiger partial charge in [0.15, 0.2) is 0 Å². The minimum atomic E-state index is -0.394. The average molecular weight is 260 g/mol. The Morgan fingerprint density at radius 2 is 1.75 bits per heavy atom. The van der Waals surface area contributed by atoms with E-state index in [9.17, 15) is 4.79 Å². The number of anilines is 1. The molecule has 0 aliphatic carbocycles. The van der Waals surface area contributed by atoms with Crippen LogP contribution in [0.5, 0.6) is 0 Å². The molecule has 1 rings (SSSR count). The molecule has 0 aromatic heterocycles. The summed E-state index contributed by atoms with van der Waals surface area (Å²) in [5.74, 6) is -0.0340. The molecule has 0 bridgehead atoms. The van der Waals surface area contributed by atoms with Gasteiger partial charge in [-0.1, -0.05) is 44.0 Å². The molecular weight excluding hydrogens is 245 g/mol. The first kappa shape index (κ1) is 13.3. The molecule has 0 unspecified atom stereocenters. The Morgan fingerprint density at radius 3 is 2.19 bits per heavy atom. The van der Waals surface area contributed by atoms with Crippen molar-refractivity contribution in [3.8, 4) is 0 Å². The van der Waals surface area contributed by atoms with E-state index in [1.807, 2.05) is 20.8 Å². The number of carbonyl (C=O) groups is 1. The van der Waals surface area contributed by atoms with Crippen LogP contribution in [0.1, 0.15) is 27.2 Å². The van der Waals surface area contributed by atoms with E-state index in [4.69, 9.17) is 23.2 Å². The zero-order valence-corrected chi connectivity index (χ0v) is 11.1. The summed E-state index contributed by atoms with van der Waals surface area (Å²) in [6, 6.07) is 4.98. The van der Waals surface area contributed by atoms with Crippen LogP contribution >= 0.6 is 23.2 Å². The lowest BCUT2D eigenvalue weighted by molar-refractivity contribution is -0.124. The van der Waals surface area contributed by atoms with Gasteiger partial charge in [0.05, 0.1) is 0 Å².